The van der Waals surface area contributed by atoms with Gasteiger partial charge in [-0.25, -0.2) is 14.0 Å². The summed E-state index contributed by atoms with van der Waals surface area (Å²) in [4.78, 5) is 24.7. The molecular weight excluding hydrogens is 317 g/mol. The van der Waals surface area contributed by atoms with Crippen molar-refractivity contribution >= 4 is 17.9 Å². The van der Waals surface area contributed by atoms with Crippen molar-refractivity contribution < 1.29 is 23.5 Å². The highest BCUT2D eigenvalue weighted by atomic mass is 19.1. The zero-order chi connectivity index (χ0) is 17.9. The van der Waals surface area contributed by atoms with Gasteiger partial charge in [0.15, 0.2) is 0 Å². The Hall–Kier alpha value is -2.82. The molecule has 0 aliphatic carbocycles. The van der Waals surface area contributed by atoms with Crippen molar-refractivity contribution in [2.24, 2.45) is 0 Å². The molecule has 1 aromatic carbocycles. The molecule has 1 saturated heterocycles. The largest absolute Gasteiger partial charge is 0.444 e. The molecule has 1 unspecified atom stereocenters. The van der Waals surface area contributed by atoms with E-state index in [1.165, 1.54) is 17.0 Å². The molecular formula is C16H18FN3O4. The Labute approximate surface area is 138 Å². The van der Waals surface area contributed by atoms with Gasteiger partial charge in [0, 0.05) is 0 Å². The Morgan fingerprint density at radius 2 is 2.25 bits per heavy atom. The van der Waals surface area contributed by atoms with Crippen LogP contribution >= 0.6 is 0 Å². The second-order valence-corrected chi connectivity index (χ2v) is 6.28. The molecule has 1 heterocycles. The number of halogens is 1. The number of benzene rings is 1. The van der Waals surface area contributed by atoms with Crippen molar-refractivity contribution in [1.29, 1.82) is 5.26 Å². The molecule has 0 saturated carbocycles. The summed E-state index contributed by atoms with van der Waals surface area (Å²) in [6.07, 6.45) is -1.83. The number of carbonyl (C=O) groups is 2. The van der Waals surface area contributed by atoms with E-state index in [1.54, 1.807) is 26.8 Å². The number of cyclic esters (lactones) is 1. The lowest BCUT2D eigenvalue weighted by atomic mass is 10.2. The van der Waals surface area contributed by atoms with Crippen LogP contribution in [0.2, 0.25) is 0 Å². The minimum absolute atomic E-state index is 0.0793. The van der Waals surface area contributed by atoms with Gasteiger partial charge in [0.2, 0.25) is 0 Å². The number of ether oxygens (including phenoxy) is 2. The van der Waals surface area contributed by atoms with Gasteiger partial charge in [-0.05, 0) is 39.0 Å². The molecule has 1 aromatic rings. The number of carbonyl (C=O) groups excluding carboxylic acids is 2. The van der Waals surface area contributed by atoms with Crippen LogP contribution < -0.4 is 10.2 Å². The first-order valence-electron chi connectivity index (χ1n) is 7.34. The lowest BCUT2D eigenvalue weighted by molar-refractivity contribution is 0.0496. The molecule has 2 rings (SSSR count). The Balaban J connectivity index is 1.95. The first-order chi connectivity index (χ1) is 11.2. The maximum absolute atomic E-state index is 13.7. The van der Waals surface area contributed by atoms with E-state index >= 15 is 0 Å². The van der Waals surface area contributed by atoms with Crippen molar-refractivity contribution in [2.45, 2.75) is 32.5 Å². The summed E-state index contributed by atoms with van der Waals surface area (Å²) in [5.41, 5.74) is -0.437. The van der Waals surface area contributed by atoms with Crippen LogP contribution in [0.5, 0.6) is 0 Å². The summed E-state index contributed by atoms with van der Waals surface area (Å²) < 4.78 is 23.9. The predicted octanol–water partition coefficient (Wildman–Crippen LogP) is 2.55. The van der Waals surface area contributed by atoms with Crippen LogP contribution in [0.4, 0.5) is 19.7 Å². The molecule has 1 atom stereocenters. The Morgan fingerprint density at radius 1 is 1.54 bits per heavy atom. The van der Waals surface area contributed by atoms with Gasteiger partial charge in [0.1, 0.15) is 23.6 Å². The molecule has 1 N–H and O–H groups in total. The van der Waals surface area contributed by atoms with E-state index in [-0.39, 0.29) is 24.3 Å². The second-order valence-electron chi connectivity index (χ2n) is 6.28. The molecule has 8 heteroatoms. The fraction of sp³-hybridized carbons (Fsp3) is 0.438. The average molecular weight is 335 g/mol. The number of amides is 2. The summed E-state index contributed by atoms with van der Waals surface area (Å²) in [6.45, 7) is 5.45. The zero-order valence-electron chi connectivity index (χ0n) is 13.6. The van der Waals surface area contributed by atoms with Crippen LogP contribution in [0.15, 0.2) is 18.2 Å². The third kappa shape index (κ3) is 4.35. The number of hydrogen-bond acceptors (Lipinski definition) is 5. The minimum Gasteiger partial charge on any atom is -0.444 e. The van der Waals surface area contributed by atoms with Crippen LogP contribution in [0.1, 0.15) is 26.3 Å². The number of anilines is 1. The Kier molecular flexibility index (Phi) is 4.93. The van der Waals surface area contributed by atoms with E-state index in [9.17, 15) is 14.0 Å². The number of hydrogen-bond donors (Lipinski definition) is 1. The van der Waals surface area contributed by atoms with Gasteiger partial charge >= 0.3 is 12.2 Å². The van der Waals surface area contributed by atoms with E-state index in [2.05, 4.69) is 5.32 Å². The Bertz CT molecular complexity index is 694. The highest BCUT2D eigenvalue weighted by molar-refractivity contribution is 5.89. The van der Waals surface area contributed by atoms with E-state index in [0.29, 0.717) is 0 Å². The molecule has 0 radical (unpaired) electrons. The maximum Gasteiger partial charge on any atom is 0.414 e. The lowest BCUT2D eigenvalue weighted by Crippen LogP contribution is -2.38. The lowest BCUT2D eigenvalue weighted by Gasteiger charge is -2.20. The molecule has 0 bridgehead atoms. The van der Waals surface area contributed by atoms with E-state index < -0.39 is 29.7 Å². The molecule has 1 fully saturated rings. The highest BCUT2D eigenvalue weighted by Crippen LogP contribution is 2.23. The third-order valence-electron chi connectivity index (χ3n) is 3.13. The fourth-order valence-electron chi connectivity index (χ4n) is 2.11. The van der Waals surface area contributed by atoms with E-state index in [0.717, 1.165) is 6.07 Å². The monoisotopic (exact) mass is 335 g/mol. The number of nitriles is 1. The average Bonchev–Trinajstić information content (AvgIpc) is 2.84. The highest BCUT2D eigenvalue weighted by Gasteiger charge is 2.33. The summed E-state index contributed by atoms with van der Waals surface area (Å²) in [7, 11) is 0. The van der Waals surface area contributed by atoms with Crippen molar-refractivity contribution in [2.75, 3.05) is 18.0 Å². The summed E-state index contributed by atoms with van der Waals surface area (Å²) >= 11 is 0. The maximum atomic E-state index is 13.7. The topological polar surface area (TPSA) is 91.7 Å². The van der Waals surface area contributed by atoms with Gasteiger partial charge < -0.3 is 14.8 Å². The number of nitrogens with one attached hydrogen (secondary N) is 1. The van der Waals surface area contributed by atoms with E-state index in [1.807, 2.05) is 0 Å². The first kappa shape index (κ1) is 17.5. The number of rotatable bonds is 3. The van der Waals surface area contributed by atoms with Gasteiger partial charge in [-0.2, -0.15) is 5.26 Å². The van der Waals surface area contributed by atoms with E-state index in [4.69, 9.17) is 14.7 Å². The van der Waals surface area contributed by atoms with Gasteiger partial charge in [-0.1, -0.05) is 0 Å². The molecule has 128 valence electrons. The fourth-order valence-corrected chi connectivity index (χ4v) is 2.11. The van der Waals surface area contributed by atoms with Gasteiger partial charge in [0.05, 0.1) is 24.3 Å². The Morgan fingerprint density at radius 3 is 2.83 bits per heavy atom. The molecule has 24 heavy (non-hydrogen) atoms. The van der Waals surface area contributed by atoms with Crippen molar-refractivity contribution in [1.82, 2.24) is 5.32 Å². The van der Waals surface area contributed by atoms with Crippen LogP contribution in [-0.2, 0) is 9.47 Å². The van der Waals surface area contributed by atoms with Crippen LogP contribution in [0.3, 0.4) is 0 Å². The van der Waals surface area contributed by atoms with Crippen molar-refractivity contribution in [3.63, 3.8) is 0 Å². The summed E-state index contributed by atoms with van der Waals surface area (Å²) in [5, 5.41) is 11.2. The van der Waals surface area contributed by atoms with Gasteiger partial charge in [0.25, 0.3) is 0 Å². The minimum atomic E-state index is -0.710. The molecule has 7 nitrogen and oxygen atoms in total. The summed E-state index contributed by atoms with van der Waals surface area (Å²) in [6, 6.07) is 5.57. The SMILES string of the molecule is CC(C)(C)OC(=O)NCC1CN(c2ccc(C#N)c(F)c2)C(=O)O1. The summed E-state index contributed by atoms with van der Waals surface area (Å²) in [5.74, 6) is -0.710. The smallest absolute Gasteiger partial charge is 0.414 e. The molecule has 2 amide bonds. The number of nitrogens with zero attached hydrogens (tertiary/aromatic N) is 2. The standard InChI is InChI=1S/C16H18FN3O4/c1-16(2,3)24-14(21)19-8-12-9-20(15(22)23-12)11-5-4-10(7-18)13(17)6-11/h4-6,12H,8-9H2,1-3H3,(H,19,21). The van der Waals surface area contributed by atoms with Crippen molar-refractivity contribution in [3.8, 4) is 6.07 Å². The molecule has 0 spiro atoms. The molecule has 1 aliphatic heterocycles. The third-order valence-corrected chi connectivity index (χ3v) is 3.13. The first-order valence-corrected chi connectivity index (χ1v) is 7.34. The number of alkyl carbamates (subject to hydrolysis) is 1. The van der Waals surface area contributed by atoms with Crippen LogP contribution in [-0.4, -0.2) is 37.0 Å². The predicted molar refractivity (Wildman–Crippen MR) is 83.0 cm³/mol. The van der Waals surface area contributed by atoms with Gasteiger partial charge in [-0.15, -0.1) is 0 Å². The molecule has 1 aliphatic rings. The quantitative estimate of drug-likeness (QED) is 0.916. The molecule has 0 aromatic heterocycles. The van der Waals surface area contributed by atoms with Gasteiger partial charge in [-0.3, -0.25) is 4.90 Å². The zero-order valence-corrected chi connectivity index (χ0v) is 13.6. The normalized spacial score (nSPS) is 17.2. The van der Waals surface area contributed by atoms with Crippen molar-refractivity contribution in [3.05, 3.63) is 29.6 Å². The van der Waals surface area contributed by atoms with Crippen LogP contribution in [0, 0.1) is 17.1 Å². The second kappa shape index (κ2) is 6.74. The van der Waals surface area contributed by atoms with Crippen LogP contribution in [0.25, 0.3) is 0 Å².